The van der Waals surface area contributed by atoms with Crippen molar-refractivity contribution in [1.29, 1.82) is 0 Å². The summed E-state index contributed by atoms with van der Waals surface area (Å²) in [5, 5.41) is 9.23. The minimum Gasteiger partial charge on any atom is -0.346 e. The van der Waals surface area contributed by atoms with E-state index in [0.29, 0.717) is 12.2 Å². The fourth-order valence-corrected chi connectivity index (χ4v) is 1.03. The van der Waals surface area contributed by atoms with Gasteiger partial charge in [-0.3, -0.25) is 9.89 Å². The van der Waals surface area contributed by atoms with Crippen LogP contribution >= 0.6 is 0 Å². The highest BCUT2D eigenvalue weighted by atomic mass is 16.1. The third kappa shape index (κ3) is 2.85. The van der Waals surface area contributed by atoms with Gasteiger partial charge in [-0.05, 0) is 13.3 Å². The lowest BCUT2D eigenvalue weighted by molar-refractivity contribution is -0.121. The molecule has 0 saturated carbocycles. The Morgan fingerprint density at radius 3 is 3.08 bits per heavy atom. The second-order valence-electron chi connectivity index (χ2n) is 2.91. The van der Waals surface area contributed by atoms with E-state index in [1.165, 1.54) is 6.33 Å². The molecule has 0 fully saturated rings. The number of hydrogen-bond acceptors (Lipinski definition) is 3. The summed E-state index contributed by atoms with van der Waals surface area (Å²) in [6.45, 7) is 3.84. The van der Waals surface area contributed by atoms with Crippen LogP contribution in [0.1, 0.15) is 38.6 Å². The fourth-order valence-electron chi connectivity index (χ4n) is 1.03. The number of amides is 1. The van der Waals surface area contributed by atoms with E-state index in [9.17, 15) is 4.79 Å². The molecule has 0 aliphatic heterocycles. The molecule has 0 bridgehead atoms. The predicted octanol–water partition coefficient (Wildman–Crippen LogP) is 0.782. The minimum absolute atomic E-state index is 0.0476. The van der Waals surface area contributed by atoms with Crippen LogP contribution in [0.4, 0.5) is 0 Å². The molecule has 1 aromatic rings. The standard InChI is InChI=1S/C8H14N4O/c1-3-4-7(13)11-6(2)8-9-5-10-12-8/h5-6H,3-4H2,1-2H3,(H,11,13)(H,9,10,12). The molecule has 1 amide bonds. The number of hydrogen-bond donors (Lipinski definition) is 2. The Labute approximate surface area is 76.9 Å². The molecule has 1 unspecified atom stereocenters. The van der Waals surface area contributed by atoms with Gasteiger partial charge in [0.05, 0.1) is 6.04 Å². The van der Waals surface area contributed by atoms with Crippen LogP contribution in [0.15, 0.2) is 6.33 Å². The molecular weight excluding hydrogens is 168 g/mol. The minimum atomic E-state index is -0.0958. The average molecular weight is 182 g/mol. The number of carbonyl (C=O) groups excluding carboxylic acids is 1. The molecule has 0 aliphatic rings. The van der Waals surface area contributed by atoms with Crippen LogP contribution in [0.3, 0.4) is 0 Å². The number of nitrogens with zero attached hydrogens (tertiary/aromatic N) is 2. The number of rotatable bonds is 4. The van der Waals surface area contributed by atoms with Gasteiger partial charge in [-0.25, -0.2) is 4.98 Å². The third-order valence-electron chi connectivity index (χ3n) is 1.70. The maximum absolute atomic E-state index is 11.2. The monoisotopic (exact) mass is 182 g/mol. The molecular formula is C8H14N4O. The second-order valence-corrected chi connectivity index (χ2v) is 2.91. The zero-order valence-electron chi connectivity index (χ0n) is 7.87. The van der Waals surface area contributed by atoms with E-state index in [-0.39, 0.29) is 11.9 Å². The van der Waals surface area contributed by atoms with Gasteiger partial charge in [0.25, 0.3) is 0 Å². The van der Waals surface area contributed by atoms with Crippen LogP contribution in [0.2, 0.25) is 0 Å². The highest BCUT2D eigenvalue weighted by molar-refractivity contribution is 5.76. The Kier molecular flexibility index (Phi) is 3.42. The maximum atomic E-state index is 11.2. The van der Waals surface area contributed by atoms with Crippen molar-refractivity contribution >= 4 is 5.91 Å². The first-order valence-electron chi connectivity index (χ1n) is 4.38. The molecule has 0 saturated heterocycles. The van der Waals surface area contributed by atoms with E-state index in [0.717, 1.165) is 6.42 Å². The van der Waals surface area contributed by atoms with Gasteiger partial charge in [-0.2, -0.15) is 5.10 Å². The predicted molar refractivity (Wildman–Crippen MR) is 47.8 cm³/mol. The number of aromatic amines is 1. The lowest BCUT2D eigenvalue weighted by Crippen LogP contribution is -2.26. The fraction of sp³-hybridized carbons (Fsp3) is 0.625. The van der Waals surface area contributed by atoms with Gasteiger partial charge in [0.2, 0.25) is 5.91 Å². The maximum Gasteiger partial charge on any atom is 0.220 e. The summed E-state index contributed by atoms with van der Waals surface area (Å²) < 4.78 is 0. The number of carbonyl (C=O) groups is 1. The van der Waals surface area contributed by atoms with Crippen molar-refractivity contribution < 1.29 is 4.79 Å². The van der Waals surface area contributed by atoms with E-state index in [1.54, 1.807) is 0 Å². The Morgan fingerprint density at radius 2 is 2.54 bits per heavy atom. The molecule has 5 nitrogen and oxygen atoms in total. The van der Waals surface area contributed by atoms with Crippen molar-refractivity contribution in [3.63, 3.8) is 0 Å². The van der Waals surface area contributed by atoms with Crippen molar-refractivity contribution in [2.45, 2.75) is 32.7 Å². The van der Waals surface area contributed by atoms with Gasteiger partial charge in [-0.15, -0.1) is 0 Å². The molecule has 0 aromatic carbocycles. The summed E-state index contributed by atoms with van der Waals surface area (Å²) in [7, 11) is 0. The molecule has 1 aromatic heterocycles. The normalized spacial score (nSPS) is 12.5. The van der Waals surface area contributed by atoms with E-state index in [1.807, 2.05) is 13.8 Å². The smallest absolute Gasteiger partial charge is 0.220 e. The first-order valence-corrected chi connectivity index (χ1v) is 4.38. The Bertz CT molecular complexity index is 257. The number of H-pyrrole nitrogens is 1. The Balaban J connectivity index is 2.42. The SMILES string of the molecule is CCCC(=O)NC(C)c1ncn[nH]1. The molecule has 0 aliphatic carbocycles. The topological polar surface area (TPSA) is 70.7 Å². The molecule has 1 heterocycles. The number of aromatic nitrogens is 3. The van der Waals surface area contributed by atoms with Crippen molar-refractivity contribution in [2.24, 2.45) is 0 Å². The summed E-state index contributed by atoms with van der Waals surface area (Å²) in [4.78, 5) is 15.1. The lowest BCUT2D eigenvalue weighted by Gasteiger charge is -2.09. The molecule has 2 N–H and O–H groups in total. The molecule has 1 rings (SSSR count). The largest absolute Gasteiger partial charge is 0.346 e. The van der Waals surface area contributed by atoms with Gasteiger partial charge in [0, 0.05) is 6.42 Å². The van der Waals surface area contributed by atoms with Gasteiger partial charge >= 0.3 is 0 Å². The number of nitrogens with one attached hydrogen (secondary N) is 2. The van der Waals surface area contributed by atoms with Crippen molar-refractivity contribution in [3.05, 3.63) is 12.2 Å². The van der Waals surface area contributed by atoms with E-state index < -0.39 is 0 Å². The average Bonchev–Trinajstić information content (AvgIpc) is 2.55. The molecule has 13 heavy (non-hydrogen) atoms. The summed E-state index contributed by atoms with van der Waals surface area (Å²) in [5.41, 5.74) is 0. The van der Waals surface area contributed by atoms with Crippen LogP contribution in [0.25, 0.3) is 0 Å². The first-order chi connectivity index (χ1) is 6.24. The van der Waals surface area contributed by atoms with E-state index in [2.05, 4.69) is 20.5 Å². The summed E-state index contributed by atoms with van der Waals surface area (Å²) in [6.07, 6.45) is 2.84. The van der Waals surface area contributed by atoms with Crippen LogP contribution in [-0.2, 0) is 4.79 Å². The van der Waals surface area contributed by atoms with Gasteiger partial charge in [0.1, 0.15) is 12.2 Å². The highest BCUT2D eigenvalue weighted by Crippen LogP contribution is 2.04. The van der Waals surface area contributed by atoms with Crippen molar-refractivity contribution in [2.75, 3.05) is 0 Å². The Morgan fingerprint density at radius 1 is 1.77 bits per heavy atom. The highest BCUT2D eigenvalue weighted by Gasteiger charge is 2.10. The Hall–Kier alpha value is -1.39. The zero-order valence-corrected chi connectivity index (χ0v) is 7.87. The van der Waals surface area contributed by atoms with E-state index in [4.69, 9.17) is 0 Å². The van der Waals surface area contributed by atoms with E-state index >= 15 is 0 Å². The summed E-state index contributed by atoms with van der Waals surface area (Å²) in [5.74, 6) is 0.732. The summed E-state index contributed by atoms with van der Waals surface area (Å²) in [6, 6.07) is -0.0958. The van der Waals surface area contributed by atoms with Gasteiger partial charge < -0.3 is 5.32 Å². The van der Waals surface area contributed by atoms with Crippen molar-refractivity contribution in [1.82, 2.24) is 20.5 Å². The van der Waals surface area contributed by atoms with Crippen LogP contribution < -0.4 is 5.32 Å². The molecule has 1 atom stereocenters. The van der Waals surface area contributed by atoms with Crippen LogP contribution in [-0.4, -0.2) is 21.1 Å². The van der Waals surface area contributed by atoms with Crippen LogP contribution in [0, 0.1) is 0 Å². The molecule has 0 radical (unpaired) electrons. The molecule has 5 heteroatoms. The first kappa shape index (κ1) is 9.70. The quantitative estimate of drug-likeness (QED) is 0.723. The van der Waals surface area contributed by atoms with Crippen molar-refractivity contribution in [3.8, 4) is 0 Å². The third-order valence-corrected chi connectivity index (χ3v) is 1.70. The van der Waals surface area contributed by atoms with Gasteiger partial charge in [-0.1, -0.05) is 6.92 Å². The van der Waals surface area contributed by atoms with Crippen LogP contribution in [0.5, 0.6) is 0 Å². The second kappa shape index (κ2) is 4.59. The molecule has 0 spiro atoms. The van der Waals surface area contributed by atoms with Gasteiger partial charge in [0.15, 0.2) is 0 Å². The summed E-state index contributed by atoms with van der Waals surface area (Å²) >= 11 is 0. The molecule has 72 valence electrons. The zero-order chi connectivity index (χ0) is 9.68. The lowest BCUT2D eigenvalue weighted by atomic mass is 10.2.